The first-order valence-corrected chi connectivity index (χ1v) is 8.70. The smallest absolute Gasteiger partial charge is 0.266 e. The van der Waals surface area contributed by atoms with Crippen molar-refractivity contribution in [1.29, 1.82) is 5.26 Å². The molecule has 2 rings (SSSR count). The van der Waals surface area contributed by atoms with Crippen molar-refractivity contribution in [2.45, 2.75) is 33.1 Å². The molecule has 1 heterocycles. The predicted molar refractivity (Wildman–Crippen MR) is 99.1 cm³/mol. The highest BCUT2D eigenvalue weighted by Gasteiger charge is 2.13. The summed E-state index contributed by atoms with van der Waals surface area (Å²) in [5.41, 5.74) is 1.81. The number of carbonyl (C=O) groups is 1. The van der Waals surface area contributed by atoms with Crippen molar-refractivity contribution in [2.24, 2.45) is 0 Å². The lowest BCUT2D eigenvalue weighted by atomic mass is 9.99. The lowest BCUT2D eigenvalue weighted by Gasteiger charge is -2.11. The molecule has 0 aliphatic heterocycles. The number of hydrogen-bond donors (Lipinski definition) is 2. The minimum absolute atomic E-state index is 0.0916. The molecule has 6 nitrogen and oxygen atoms in total. The van der Waals surface area contributed by atoms with E-state index >= 15 is 0 Å². The van der Waals surface area contributed by atoms with Crippen molar-refractivity contribution >= 4 is 5.91 Å². The highest BCUT2D eigenvalue weighted by Crippen LogP contribution is 2.15. The van der Waals surface area contributed by atoms with Gasteiger partial charge in [0, 0.05) is 18.7 Å². The zero-order valence-electron chi connectivity index (χ0n) is 15.4. The van der Waals surface area contributed by atoms with Crippen molar-refractivity contribution in [3.63, 3.8) is 0 Å². The number of nitriles is 1. The van der Waals surface area contributed by atoms with Gasteiger partial charge in [-0.3, -0.25) is 9.59 Å². The van der Waals surface area contributed by atoms with Crippen LogP contribution < -0.4 is 15.6 Å². The number of pyridine rings is 1. The van der Waals surface area contributed by atoms with Crippen LogP contribution in [0.4, 0.5) is 4.39 Å². The topological polar surface area (TPSA) is 95.0 Å². The number of aryl methyl sites for hydroxylation is 1. The first-order chi connectivity index (χ1) is 12.9. The number of amides is 1. The Balaban J connectivity index is 1.74. The molecule has 1 amide bonds. The summed E-state index contributed by atoms with van der Waals surface area (Å²) in [6.07, 6.45) is 1.33. The third-order valence-corrected chi connectivity index (χ3v) is 4.25. The number of aromatic amines is 1. The Morgan fingerprint density at radius 3 is 2.67 bits per heavy atom. The summed E-state index contributed by atoms with van der Waals surface area (Å²) in [5.74, 6) is 0.157. The summed E-state index contributed by atoms with van der Waals surface area (Å²) in [6, 6.07) is 7.67. The van der Waals surface area contributed by atoms with Crippen LogP contribution in [0.15, 0.2) is 29.1 Å². The highest BCUT2D eigenvalue weighted by molar-refractivity contribution is 5.76. The Morgan fingerprint density at radius 2 is 2.00 bits per heavy atom. The van der Waals surface area contributed by atoms with Gasteiger partial charge in [-0.1, -0.05) is 0 Å². The number of ether oxygens (including phenoxy) is 1. The average Bonchev–Trinajstić information content (AvgIpc) is 2.63. The van der Waals surface area contributed by atoms with Gasteiger partial charge in [0.2, 0.25) is 5.91 Å². The normalized spacial score (nSPS) is 10.3. The minimum atomic E-state index is -0.401. The van der Waals surface area contributed by atoms with Gasteiger partial charge in [0.15, 0.2) is 0 Å². The van der Waals surface area contributed by atoms with Crippen LogP contribution in [0.1, 0.15) is 35.2 Å². The first kappa shape index (κ1) is 20.2. The fourth-order valence-electron chi connectivity index (χ4n) is 2.77. The molecule has 0 saturated heterocycles. The van der Waals surface area contributed by atoms with Crippen molar-refractivity contribution in [3.8, 4) is 11.8 Å². The van der Waals surface area contributed by atoms with Crippen LogP contribution in [0.2, 0.25) is 0 Å². The van der Waals surface area contributed by atoms with E-state index in [4.69, 9.17) is 10.00 Å². The number of carbonyl (C=O) groups excluding carboxylic acids is 1. The molecule has 2 N–H and O–H groups in total. The van der Waals surface area contributed by atoms with Gasteiger partial charge in [-0.05, 0) is 62.1 Å². The summed E-state index contributed by atoms with van der Waals surface area (Å²) < 4.78 is 18.2. The van der Waals surface area contributed by atoms with E-state index < -0.39 is 5.56 Å². The van der Waals surface area contributed by atoms with E-state index in [0.717, 1.165) is 5.56 Å². The van der Waals surface area contributed by atoms with Crippen molar-refractivity contribution < 1.29 is 13.9 Å². The number of H-pyrrole nitrogens is 1. The molecule has 2 aromatic rings. The fraction of sp³-hybridized carbons (Fsp3) is 0.350. The number of nitrogens with zero attached hydrogens (tertiary/aromatic N) is 1. The molecular formula is C20H22FN3O3. The van der Waals surface area contributed by atoms with Crippen molar-refractivity contribution in [1.82, 2.24) is 10.3 Å². The van der Waals surface area contributed by atoms with Crippen molar-refractivity contribution in [2.75, 3.05) is 13.2 Å². The minimum Gasteiger partial charge on any atom is -0.494 e. The fourth-order valence-corrected chi connectivity index (χ4v) is 2.77. The molecule has 142 valence electrons. The van der Waals surface area contributed by atoms with Gasteiger partial charge in [0.1, 0.15) is 23.2 Å². The van der Waals surface area contributed by atoms with Gasteiger partial charge in [-0.2, -0.15) is 5.26 Å². The second kappa shape index (κ2) is 9.53. The predicted octanol–water partition coefficient (Wildman–Crippen LogP) is 2.52. The van der Waals surface area contributed by atoms with E-state index in [1.165, 1.54) is 12.1 Å². The summed E-state index contributed by atoms with van der Waals surface area (Å²) in [6.45, 7) is 4.36. The maximum absolute atomic E-state index is 12.8. The van der Waals surface area contributed by atoms with E-state index in [9.17, 15) is 14.0 Å². The van der Waals surface area contributed by atoms with E-state index in [2.05, 4.69) is 10.3 Å². The quantitative estimate of drug-likeness (QED) is 0.697. The van der Waals surface area contributed by atoms with Crippen molar-refractivity contribution in [3.05, 3.63) is 62.8 Å². The van der Waals surface area contributed by atoms with Crippen LogP contribution in [0.3, 0.4) is 0 Å². The lowest BCUT2D eigenvalue weighted by Crippen LogP contribution is -2.26. The average molecular weight is 371 g/mol. The molecule has 0 spiro atoms. The summed E-state index contributed by atoms with van der Waals surface area (Å²) in [4.78, 5) is 26.4. The Hall–Kier alpha value is -3.14. The van der Waals surface area contributed by atoms with Crippen LogP contribution in [0, 0.1) is 31.0 Å². The highest BCUT2D eigenvalue weighted by atomic mass is 19.1. The first-order valence-electron chi connectivity index (χ1n) is 8.70. The summed E-state index contributed by atoms with van der Waals surface area (Å²) in [7, 11) is 0. The van der Waals surface area contributed by atoms with E-state index in [1.807, 2.05) is 6.07 Å². The molecule has 0 aliphatic rings. The zero-order valence-corrected chi connectivity index (χ0v) is 15.4. The monoisotopic (exact) mass is 371 g/mol. The Labute approximate surface area is 157 Å². The van der Waals surface area contributed by atoms with Gasteiger partial charge >= 0.3 is 0 Å². The molecule has 0 atom stereocenters. The molecule has 1 aromatic carbocycles. The second-order valence-electron chi connectivity index (χ2n) is 6.18. The number of hydrogen-bond acceptors (Lipinski definition) is 4. The maximum Gasteiger partial charge on any atom is 0.266 e. The third-order valence-electron chi connectivity index (χ3n) is 4.25. The van der Waals surface area contributed by atoms with Crippen LogP contribution >= 0.6 is 0 Å². The molecule has 27 heavy (non-hydrogen) atoms. The van der Waals surface area contributed by atoms with Crippen LogP contribution in [-0.4, -0.2) is 24.0 Å². The molecule has 0 aliphatic carbocycles. The Kier molecular flexibility index (Phi) is 7.12. The van der Waals surface area contributed by atoms with Crippen LogP contribution in [0.25, 0.3) is 0 Å². The van der Waals surface area contributed by atoms with E-state index in [0.29, 0.717) is 43.0 Å². The number of rotatable bonds is 8. The lowest BCUT2D eigenvalue weighted by molar-refractivity contribution is -0.121. The molecular weight excluding hydrogens is 349 g/mol. The molecule has 1 aromatic heterocycles. The van der Waals surface area contributed by atoms with Gasteiger partial charge in [0.25, 0.3) is 5.56 Å². The van der Waals surface area contributed by atoms with Gasteiger partial charge in [0.05, 0.1) is 6.61 Å². The largest absolute Gasteiger partial charge is 0.494 e. The second-order valence-corrected chi connectivity index (χ2v) is 6.18. The number of benzene rings is 1. The zero-order chi connectivity index (χ0) is 19.8. The molecule has 0 radical (unpaired) electrons. The maximum atomic E-state index is 12.8. The third kappa shape index (κ3) is 5.68. The van der Waals surface area contributed by atoms with Crippen LogP contribution in [-0.2, 0) is 11.2 Å². The Bertz CT molecular complexity index is 898. The molecule has 0 saturated carbocycles. The van der Waals surface area contributed by atoms with E-state index in [1.54, 1.807) is 26.0 Å². The van der Waals surface area contributed by atoms with Gasteiger partial charge in [-0.15, -0.1) is 0 Å². The van der Waals surface area contributed by atoms with Gasteiger partial charge in [-0.25, -0.2) is 4.39 Å². The molecule has 0 unspecified atom stereocenters. The SMILES string of the molecule is Cc1[nH]c(=O)c(C#N)c(C)c1CCC(=O)NCCCOc1ccc(F)cc1. The summed E-state index contributed by atoms with van der Waals surface area (Å²) in [5, 5.41) is 11.9. The Morgan fingerprint density at radius 1 is 1.30 bits per heavy atom. The standard InChI is InChI=1S/C20H22FN3O3/c1-13-17(14(2)24-20(26)18(13)12-22)8-9-19(25)23-10-3-11-27-16-6-4-15(21)5-7-16/h4-7H,3,8-11H2,1-2H3,(H,23,25)(H,24,26). The number of nitrogens with one attached hydrogen (secondary N) is 2. The van der Waals surface area contributed by atoms with Gasteiger partial charge < -0.3 is 15.0 Å². The summed E-state index contributed by atoms with van der Waals surface area (Å²) >= 11 is 0. The number of aromatic nitrogens is 1. The van der Waals surface area contributed by atoms with Crippen LogP contribution in [0.5, 0.6) is 5.75 Å². The molecule has 0 fully saturated rings. The number of halogens is 1. The molecule has 0 bridgehead atoms. The molecule has 7 heteroatoms. The van der Waals surface area contributed by atoms with E-state index in [-0.39, 0.29) is 23.7 Å².